The van der Waals surface area contributed by atoms with Gasteiger partial charge >= 0.3 is 0 Å². The van der Waals surface area contributed by atoms with Crippen LogP contribution in [0.2, 0.25) is 0 Å². The summed E-state index contributed by atoms with van der Waals surface area (Å²) in [4.78, 5) is 4.43. The molecule has 0 aliphatic carbocycles. The first kappa shape index (κ1) is 13.6. The predicted octanol–water partition coefficient (Wildman–Crippen LogP) is 3.51. The number of nitrogens with zero attached hydrogens (tertiary/aromatic N) is 2. The van der Waals surface area contributed by atoms with E-state index in [0.717, 1.165) is 16.7 Å². The molecule has 21 heavy (non-hydrogen) atoms. The summed E-state index contributed by atoms with van der Waals surface area (Å²) in [5, 5.41) is 12.8. The van der Waals surface area contributed by atoms with Crippen molar-refractivity contribution in [3.05, 3.63) is 54.1 Å². The lowest BCUT2D eigenvalue weighted by atomic mass is 10.2. The normalized spacial score (nSPS) is 12.6. The molecule has 0 saturated heterocycles. The van der Waals surface area contributed by atoms with E-state index >= 15 is 0 Å². The number of rotatable bonds is 3. The van der Waals surface area contributed by atoms with Crippen LogP contribution in [0, 0.1) is 5.82 Å². The number of hydrogen-bond donors (Lipinski definition) is 2. The van der Waals surface area contributed by atoms with Gasteiger partial charge in [-0.25, -0.2) is 9.37 Å². The van der Waals surface area contributed by atoms with E-state index in [4.69, 9.17) is 0 Å². The van der Waals surface area contributed by atoms with Crippen LogP contribution in [0.1, 0.15) is 18.9 Å². The van der Waals surface area contributed by atoms with Crippen LogP contribution in [-0.2, 0) is 7.05 Å². The van der Waals surface area contributed by atoms with Crippen molar-refractivity contribution in [3.63, 3.8) is 0 Å². The van der Waals surface area contributed by atoms with Crippen LogP contribution in [-0.4, -0.2) is 14.7 Å². The summed E-state index contributed by atoms with van der Waals surface area (Å²) in [7, 11) is 1.87. The Morgan fingerprint density at radius 2 is 1.95 bits per heavy atom. The van der Waals surface area contributed by atoms with Crippen molar-refractivity contribution in [2.45, 2.75) is 13.0 Å². The van der Waals surface area contributed by atoms with E-state index in [-0.39, 0.29) is 5.82 Å². The second kappa shape index (κ2) is 5.18. The van der Waals surface area contributed by atoms with Crippen LogP contribution in [0.4, 0.5) is 15.8 Å². The Morgan fingerprint density at radius 1 is 1.19 bits per heavy atom. The molecule has 2 N–H and O–H groups in total. The van der Waals surface area contributed by atoms with Gasteiger partial charge < -0.3 is 15.0 Å². The Labute approximate surface area is 121 Å². The van der Waals surface area contributed by atoms with Gasteiger partial charge in [-0.3, -0.25) is 0 Å². The highest BCUT2D eigenvalue weighted by Gasteiger charge is 2.12. The van der Waals surface area contributed by atoms with Crippen LogP contribution < -0.4 is 5.32 Å². The van der Waals surface area contributed by atoms with Gasteiger partial charge in [-0.1, -0.05) is 6.07 Å². The zero-order valence-electron chi connectivity index (χ0n) is 11.8. The molecule has 0 aliphatic rings. The highest BCUT2D eigenvalue weighted by molar-refractivity contribution is 5.81. The average Bonchev–Trinajstić information content (AvgIpc) is 2.76. The first-order valence-corrected chi connectivity index (χ1v) is 6.71. The monoisotopic (exact) mass is 285 g/mol. The van der Waals surface area contributed by atoms with Crippen molar-refractivity contribution >= 4 is 22.4 Å². The fraction of sp³-hybridized carbons (Fsp3) is 0.188. The third-order valence-electron chi connectivity index (χ3n) is 3.40. The Morgan fingerprint density at radius 3 is 2.67 bits per heavy atom. The van der Waals surface area contributed by atoms with E-state index in [1.54, 1.807) is 19.1 Å². The van der Waals surface area contributed by atoms with E-state index in [1.165, 1.54) is 12.1 Å². The summed E-state index contributed by atoms with van der Waals surface area (Å²) in [6.07, 6.45) is -0.623. The summed E-state index contributed by atoms with van der Waals surface area (Å²) in [5.74, 6) is 0.336. The molecule has 108 valence electrons. The maximum absolute atomic E-state index is 13.2. The number of aromatic nitrogens is 2. The van der Waals surface area contributed by atoms with Crippen LogP contribution >= 0.6 is 0 Å². The lowest BCUT2D eigenvalue weighted by Gasteiger charge is -2.06. The summed E-state index contributed by atoms with van der Waals surface area (Å²) in [5.41, 5.74) is 3.23. The van der Waals surface area contributed by atoms with Gasteiger partial charge in [0.1, 0.15) is 17.7 Å². The van der Waals surface area contributed by atoms with Gasteiger partial charge in [0.05, 0.1) is 11.0 Å². The summed E-state index contributed by atoms with van der Waals surface area (Å²) < 4.78 is 15.1. The van der Waals surface area contributed by atoms with Crippen LogP contribution in [0.25, 0.3) is 11.0 Å². The van der Waals surface area contributed by atoms with Crippen molar-refractivity contribution in [3.8, 4) is 0 Å². The van der Waals surface area contributed by atoms with Crippen LogP contribution in [0.15, 0.2) is 42.5 Å². The Balaban J connectivity index is 1.98. The number of aliphatic hydroxyl groups is 1. The topological polar surface area (TPSA) is 50.1 Å². The van der Waals surface area contributed by atoms with Gasteiger partial charge in [0.15, 0.2) is 0 Å². The molecule has 0 saturated carbocycles. The molecule has 1 heterocycles. The van der Waals surface area contributed by atoms with E-state index in [1.807, 2.05) is 29.8 Å². The highest BCUT2D eigenvalue weighted by Crippen LogP contribution is 2.24. The average molecular weight is 285 g/mol. The highest BCUT2D eigenvalue weighted by atomic mass is 19.1. The van der Waals surface area contributed by atoms with E-state index in [0.29, 0.717) is 11.5 Å². The van der Waals surface area contributed by atoms with Gasteiger partial charge in [-0.05, 0) is 43.3 Å². The standard InChI is InChI=1S/C16H16FN3O/c1-10(21)16-19-14-9-13(6-7-15(14)20(16)2)18-12-5-3-4-11(17)8-12/h3-10,18,21H,1-2H3. The molecule has 0 radical (unpaired) electrons. The SMILES string of the molecule is CC(O)c1nc2cc(Nc3cccc(F)c3)ccc2n1C. The molecular formula is C16H16FN3O. The number of nitrogens with one attached hydrogen (secondary N) is 1. The summed E-state index contributed by atoms with van der Waals surface area (Å²) in [6.45, 7) is 1.69. The fourth-order valence-electron chi connectivity index (χ4n) is 2.40. The molecular weight excluding hydrogens is 269 g/mol. The van der Waals surface area contributed by atoms with Gasteiger partial charge in [0.2, 0.25) is 0 Å². The summed E-state index contributed by atoms with van der Waals surface area (Å²) in [6, 6.07) is 12.0. The third kappa shape index (κ3) is 2.60. The van der Waals surface area contributed by atoms with Crippen molar-refractivity contribution in [2.24, 2.45) is 7.05 Å². The zero-order chi connectivity index (χ0) is 15.0. The number of aryl methyl sites for hydroxylation is 1. The number of halogens is 1. The number of hydrogen-bond acceptors (Lipinski definition) is 3. The molecule has 4 nitrogen and oxygen atoms in total. The minimum atomic E-state index is -0.623. The van der Waals surface area contributed by atoms with Crippen LogP contribution in [0.3, 0.4) is 0 Å². The molecule has 3 rings (SSSR count). The quantitative estimate of drug-likeness (QED) is 0.774. The van der Waals surface area contributed by atoms with Gasteiger partial charge in [-0.15, -0.1) is 0 Å². The van der Waals surface area contributed by atoms with Gasteiger partial charge in [0, 0.05) is 18.4 Å². The molecule has 3 aromatic rings. The molecule has 1 unspecified atom stereocenters. The van der Waals surface area contributed by atoms with E-state index < -0.39 is 6.10 Å². The molecule has 1 atom stereocenters. The smallest absolute Gasteiger partial charge is 0.138 e. The first-order valence-electron chi connectivity index (χ1n) is 6.71. The largest absolute Gasteiger partial charge is 0.385 e. The summed E-state index contributed by atoms with van der Waals surface area (Å²) >= 11 is 0. The number of fused-ring (bicyclic) bond motifs is 1. The van der Waals surface area contributed by atoms with Crippen molar-refractivity contribution < 1.29 is 9.50 Å². The molecule has 0 bridgehead atoms. The van der Waals surface area contributed by atoms with Gasteiger partial charge in [-0.2, -0.15) is 0 Å². The predicted molar refractivity (Wildman–Crippen MR) is 81.0 cm³/mol. The number of aliphatic hydroxyl groups excluding tert-OH is 1. The Hall–Kier alpha value is -2.40. The third-order valence-corrected chi connectivity index (χ3v) is 3.40. The second-order valence-electron chi connectivity index (χ2n) is 5.04. The molecule has 1 aromatic heterocycles. The number of imidazole rings is 1. The molecule has 2 aromatic carbocycles. The van der Waals surface area contributed by atoms with Gasteiger partial charge in [0.25, 0.3) is 0 Å². The van der Waals surface area contributed by atoms with E-state index in [2.05, 4.69) is 10.3 Å². The maximum Gasteiger partial charge on any atom is 0.138 e. The Bertz CT molecular complexity index is 795. The molecule has 0 amide bonds. The van der Waals surface area contributed by atoms with Crippen molar-refractivity contribution in [1.29, 1.82) is 0 Å². The molecule has 0 aliphatic heterocycles. The van der Waals surface area contributed by atoms with Crippen molar-refractivity contribution in [2.75, 3.05) is 5.32 Å². The lowest BCUT2D eigenvalue weighted by Crippen LogP contribution is -2.01. The second-order valence-corrected chi connectivity index (χ2v) is 5.04. The Kier molecular flexibility index (Phi) is 3.35. The van der Waals surface area contributed by atoms with E-state index in [9.17, 15) is 9.50 Å². The number of benzene rings is 2. The molecule has 0 fully saturated rings. The molecule has 5 heteroatoms. The minimum absolute atomic E-state index is 0.282. The first-order chi connectivity index (χ1) is 10.0. The zero-order valence-corrected chi connectivity index (χ0v) is 11.8. The number of anilines is 2. The van der Waals surface area contributed by atoms with Crippen LogP contribution in [0.5, 0.6) is 0 Å². The van der Waals surface area contributed by atoms with Crippen molar-refractivity contribution in [1.82, 2.24) is 9.55 Å². The molecule has 0 spiro atoms. The lowest BCUT2D eigenvalue weighted by molar-refractivity contribution is 0.186. The maximum atomic E-state index is 13.2. The fourth-order valence-corrected chi connectivity index (χ4v) is 2.40. The minimum Gasteiger partial charge on any atom is -0.385 e.